The third kappa shape index (κ3) is 2.56. The van der Waals surface area contributed by atoms with E-state index in [-0.39, 0.29) is 11.7 Å². The summed E-state index contributed by atoms with van der Waals surface area (Å²) in [7, 11) is 3.17. The zero-order valence-electron chi connectivity index (χ0n) is 8.53. The molecule has 0 saturated carbocycles. The van der Waals surface area contributed by atoms with Gasteiger partial charge in [-0.1, -0.05) is 0 Å². The summed E-state index contributed by atoms with van der Waals surface area (Å²) < 4.78 is 9.61. The molecule has 1 unspecified atom stereocenters. The van der Waals surface area contributed by atoms with Crippen molar-refractivity contribution in [1.29, 1.82) is 0 Å². The van der Waals surface area contributed by atoms with Crippen LogP contribution in [-0.2, 0) is 11.2 Å². The number of esters is 1. The van der Waals surface area contributed by atoms with E-state index in [0.717, 1.165) is 0 Å². The second-order valence-electron chi connectivity index (χ2n) is 3.01. The molecule has 1 aromatic rings. The molecule has 0 aromatic carbocycles. The van der Waals surface area contributed by atoms with Crippen LogP contribution in [0.15, 0.2) is 10.7 Å². The summed E-state index contributed by atoms with van der Waals surface area (Å²) in [5.41, 5.74) is 0.214. The number of hydrogen-bond acceptors (Lipinski definition) is 5. The molecular formula is C9H14N2O3. The van der Waals surface area contributed by atoms with E-state index < -0.39 is 5.97 Å². The van der Waals surface area contributed by atoms with Crippen LogP contribution in [0.1, 0.15) is 23.3 Å². The van der Waals surface area contributed by atoms with Crippen molar-refractivity contribution in [2.45, 2.75) is 19.4 Å². The summed E-state index contributed by atoms with van der Waals surface area (Å²) in [6.45, 7) is 2.00. The Bertz CT molecular complexity index is 309. The van der Waals surface area contributed by atoms with Gasteiger partial charge in [0.15, 0.2) is 11.6 Å². The van der Waals surface area contributed by atoms with E-state index in [0.29, 0.717) is 12.3 Å². The Morgan fingerprint density at radius 3 is 3.07 bits per heavy atom. The molecule has 0 radical (unpaired) electrons. The highest BCUT2D eigenvalue weighted by Crippen LogP contribution is 2.05. The van der Waals surface area contributed by atoms with E-state index in [4.69, 9.17) is 4.42 Å². The molecule has 1 heterocycles. The van der Waals surface area contributed by atoms with Gasteiger partial charge in [-0.05, 0) is 14.0 Å². The minimum atomic E-state index is -0.475. The number of rotatable bonds is 4. The van der Waals surface area contributed by atoms with Crippen LogP contribution in [0.4, 0.5) is 0 Å². The quantitative estimate of drug-likeness (QED) is 0.718. The number of nitrogens with one attached hydrogen (secondary N) is 1. The maximum atomic E-state index is 11.0. The Labute approximate surface area is 82.5 Å². The number of carbonyl (C=O) groups excluding carboxylic acids is 1. The van der Waals surface area contributed by atoms with Gasteiger partial charge >= 0.3 is 5.97 Å². The summed E-state index contributed by atoms with van der Waals surface area (Å²) in [4.78, 5) is 15.0. The van der Waals surface area contributed by atoms with Crippen LogP contribution in [0.5, 0.6) is 0 Å². The van der Waals surface area contributed by atoms with E-state index in [2.05, 4.69) is 15.0 Å². The zero-order valence-corrected chi connectivity index (χ0v) is 8.53. The van der Waals surface area contributed by atoms with Crippen LogP contribution >= 0.6 is 0 Å². The Hall–Kier alpha value is -1.36. The predicted octanol–water partition coefficient (Wildman–Crippen LogP) is 0.612. The highest BCUT2D eigenvalue weighted by molar-refractivity contribution is 5.86. The van der Waals surface area contributed by atoms with Gasteiger partial charge in [-0.15, -0.1) is 0 Å². The number of methoxy groups -OCH3 is 1. The molecule has 5 heteroatoms. The first-order valence-electron chi connectivity index (χ1n) is 4.37. The Kier molecular flexibility index (Phi) is 3.64. The van der Waals surface area contributed by atoms with Gasteiger partial charge in [0.1, 0.15) is 6.26 Å². The standard InChI is InChI=1S/C9H14N2O3/c1-6(10-2)4-8-11-7(5-14-8)9(12)13-3/h5-6,10H,4H2,1-3H3. The fraction of sp³-hybridized carbons (Fsp3) is 0.556. The van der Waals surface area contributed by atoms with Gasteiger partial charge < -0.3 is 14.5 Å². The summed E-state index contributed by atoms with van der Waals surface area (Å²) in [6.07, 6.45) is 1.96. The lowest BCUT2D eigenvalue weighted by molar-refractivity contribution is 0.0594. The summed E-state index contributed by atoms with van der Waals surface area (Å²) >= 11 is 0. The SMILES string of the molecule is CNC(C)Cc1nc(C(=O)OC)co1. The Balaban J connectivity index is 2.63. The van der Waals surface area contributed by atoms with Gasteiger partial charge in [0.25, 0.3) is 0 Å². The largest absolute Gasteiger partial charge is 0.464 e. The van der Waals surface area contributed by atoms with Crippen LogP contribution in [0.2, 0.25) is 0 Å². The highest BCUT2D eigenvalue weighted by Gasteiger charge is 2.13. The fourth-order valence-corrected chi connectivity index (χ4v) is 0.967. The molecule has 1 aromatic heterocycles. The van der Waals surface area contributed by atoms with Crippen molar-refractivity contribution < 1.29 is 13.9 Å². The zero-order chi connectivity index (χ0) is 10.6. The molecule has 0 saturated heterocycles. The first-order valence-corrected chi connectivity index (χ1v) is 4.37. The van der Waals surface area contributed by atoms with Gasteiger partial charge in [-0.3, -0.25) is 0 Å². The third-order valence-corrected chi connectivity index (χ3v) is 1.92. The monoisotopic (exact) mass is 198 g/mol. The second-order valence-corrected chi connectivity index (χ2v) is 3.01. The molecule has 0 amide bonds. The van der Waals surface area contributed by atoms with Crippen LogP contribution < -0.4 is 5.32 Å². The number of oxazole rings is 1. The topological polar surface area (TPSA) is 64.4 Å². The highest BCUT2D eigenvalue weighted by atomic mass is 16.5. The van der Waals surface area contributed by atoms with E-state index in [1.165, 1.54) is 13.4 Å². The third-order valence-electron chi connectivity index (χ3n) is 1.92. The Morgan fingerprint density at radius 2 is 2.50 bits per heavy atom. The average molecular weight is 198 g/mol. The van der Waals surface area contributed by atoms with Crippen molar-refractivity contribution in [3.8, 4) is 0 Å². The molecular weight excluding hydrogens is 184 g/mol. The van der Waals surface area contributed by atoms with Crippen LogP contribution in [0.3, 0.4) is 0 Å². The van der Waals surface area contributed by atoms with Gasteiger partial charge in [-0.2, -0.15) is 0 Å². The van der Waals surface area contributed by atoms with E-state index in [9.17, 15) is 4.79 Å². The molecule has 5 nitrogen and oxygen atoms in total. The number of nitrogens with zero attached hydrogens (tertiary/aromatic N) is 1. The van der Waals surface area contributed by atoms with Crippen molar-refractivity contribution in [3.63, 3.8) is 0 Å². The molecule has 14 heavy (non-hydrogen) atoms. The Morgan fingerprint density at radius 1 is 1.79 bits per heavy atom. The summed E-state index contributed by atoms with van der Waals surface area (Å²) in [6, 6.07) is 0.263. The van der Waals surface area contributed by atoms with Crippen molar-refractivity contribution >= 4 is 5.97 Å². The predicted molar refractivity (Wildman–Crippen MR) is 50.1 cm³/mol. The number of likely N-dealkylation sites (N-methyl/N-ethyl adjacent to an activating group) is 1. The fourth-order valence-electron chi connectivity index (χ4n) is 0.967. The van der Waals surface area contributed by atoms with Gasteiger partial charge in [0, 0.05) is 12.5 Å². The second kappa shape index (κ2) is 4.76. The van der Waals surface area contributed by atoms with Gasteiger partial charge in [-0.25, -0.2) is 9.78 Å². The van der Waals surface area contributed by atoms with E-state index in [1.807, 2.05) is 14.0 Å². The summed E-state index contributed by atoms with van der Waals surface area (Å²) in [5, 5.41) is 3.05. The van der Waals surface area contributed by atoms with Crippen molar-refractivity contribution in [2.24, 2.45) is 0 Å². The van der Waals surface area contributed by atoms with Crippen LogP contribution in [0.25, 0.3) is 0 Å². The van der Waals surface area contributed by atoms with E-state index >= 15 is 0 Å². The van der Waals surface area contributed by atoms with Gasteiger partial charge in [0.05, 0.1) is 7.11 Å². The molecule has 1 N–H and O–H groups in total. The van der Waals surface area contributed by atoms with Gasteiger partial charge in [0.2, 0.25) is 0 Å². The number of carbonyl (C=O) groups is 1. The number of ether oxygens (including phenoxy) is 1. The number of aromatic nitrogens is 1. The molecule has 0 aliphatic carbocycles. The minimum absolute atomic E-state index is 0.214. The first kappa shape index (κ1) is 10.7. The molecule has 0 aliphatic heterocycles. The lowest BCUT2D eigenvalue weighted by Crippen LogP contribution is -2.23. The lowest BCUT2D eigenvalue weighted by Gasteiger charge is -2.05. The maximum Gasteiger partial charge on any atom is 0.360 e. The molecule has 0 spiro atoms. The number of hydrogen-bond donors (Lipinski definition) is 1. The molecule has 0 aliphatic rings. The molecule has 1 rings (SSSR count). The maximum absolute atomic E-state index is 11.0. The molecule has 0 bridgehead atoms. The molecule has 78 valence electrons. The summed E-state index contributed by atoms with van der Waals surface area (Å²) in [5.74, 6) is 0.0596. The smallest absolute Gasteiger partial charge is 0.360 e. The van der Waals surface area contributed by atoms with E-state index in [1.54, 1.807) is 0 Å². The minimum Gasteiger partial charge on any atom is -0.464 e. The lowest BCUT2D eigenvalue weighted by atomic mass is 10.2. The first-order chi connectivity index (χ1) is 6.67. The van der Waals surface area contributed by atoms with Crippen LogP contribution in [-0.4, -0.2) is 31.2 Å². The van der Waals surface area contributed by atoms with Crippen molar-refractivity contribution in [2.75, 3.05) is 14.2 Å². The normalized spacial score (nSPS) is 12.5. The van der Waals surface area contributed by atoms with Crippen molar-refractivity contribution in [3.05, 3.63) is 17.8 Å². The average Bonchev–Trinajstić information content (AvgIpc) is 2.65. The van der Waals surface area contributed by atoms with Crippen LogP contribution in [0, 0.1) is 0 Å². The van der Waals surface area contributed by atoms with Crippen molar-refractivity contribution in [1.82, 2.24) is 10.3 Å². The molecule has 1 atom stereocenters. The molecule has 0 fully saturated rings.